The molecule has 0 aliphatic heterocycles. The minimum atomic E-state index is -0.254. The Morgan fingerprint density at radius 3 is 2.63 bits per heavy atom. The van der Waals surface area contributed by atoms with Crippen molar-refractivity contribution in [3.63, 3.8) is 0 Å². The minimum absolute atomic E-state index is 0.254. The highest BCUT2D eigenvalue weighted by Crippen LogP contribution is 2.32. The molecule has 0 atom stereocenters. The van der Waals surface area contributed by atoms with Crippen molar-refractivity contribution in [2.24, 2.45) is 0 Å². The lowest BCUT2D eigenvalue weighted by Crippen LogP contribution is -2.13. The summed E-state index contributed by atoms with van der Waals surface area (Å²) in [6, 6.07) is 11.2. The number of fused-ring (bicyclic) bond motifs is 2. The maximum atomic E-state index is 14.6. The molecule has 6 rings (SSSR count). The Labute approximate surface area is 219 Å². The molecule has 1 aromatic carbocycles. The number of rotatable bonds is 7. The Kier molecular flexibility index (Phi) is 6.13. The Balaban J connectivity index is 1.40. The van der Waals surface area contributed by atoms with Gasteiger partial charge in [0.2, 0.25) is 0 Å². The summed E-state index contributed by atoms with van der Waals surface area (Å²) in [5.41, 5.74) is 8.18. The molecular formula is C29H27FN8. The van der Waals surface area contributed by atoms with E-state index in [9.17, 15) is 4.39 Å². The Morgan fingerprint density at radius 2 is 1.79 bits per heavy atom. The molecule has 0 aliphatic rings. The van der Waals surface area contributed by atoms with E-state index in [4.69, 9.17) is 4.98 Å². The first-order valence-electron chi connectivity index (χ1n) is 12.5. The zero-order chi connectivity index (χ0) is 26.2. The summed E-state index contributed by atoms with van der Waals surface area (Å²) in [4.78, 5) is 23.6. The first-order valence-corrected chi connectivity index (χ1v) is 12.5. The number of aromatic nitrogens is 7. The molecule has 5 heterocycles. The predicted molar refractivity (Wildman–Crippen MR) is 147 cm³/mol. The summed E-state index contributed by atoms with van der Waals surface area (Å²) in [6.07, 6.45) is 8.90. The van der Waals surface area contributed by atoms with Gasteiger partial charge in [-0.05, 0) is 87.4 Å². The van der Waals surface area contributed by atoms with Crippen LogP contribution < -0.4 is 0 Å². The fraction of sp³-hybridized carbons (Fsp3) is 0.207. The van der Waals surface area contributed by atoms with Crippen LogP contribution in [0.4, 0.5) is 4.39 Å². The molecule has 8 nitrogen and oxygen atoms in total. The lowest BCUT2D eigenvalue weighted by Gasteiger charge is -2.10. The third-order valence-electron chi connectivity index (χ3n) is 6.59. The molecule has 0 radical (unpaired) electrons. The lowest BCUT2D eigenvalue weighted by molar-refractivity contribution is 0.400. The van der Waals surface area contributed by atoms with E-state index in [1.807, 2.05) is 51.6 Å². The van der Waals surface area contributed by atoms with E-state index in [1.54, 1.807) is 24.5 Å². The monoisotopic (exact) mass is 506 g/mol. The number of hydrogen-bond donors (Lipinski definition) is 2. The average molecular weight is 507 g/mol. The molecule has 0 aliphatic carbocycles. The van der Waals surface area contributed by atoms with Gasteiger partial charge in [0, 0.05) is 41.5 Å². The van der Waals surface area contributed by atoms with Crippen LogP contribution >= 0.6 is 0 Å². The molecule has 0 unspecified atom stereocenters. The zero-order valence-corrected chi connectivity index (χ0v) is 21.5. The van der Waals surface area contributed by atoms with E-state index in [-0.39, 0.29) is 5.82 Å². The maximum Gasteiger partial charge on any atom is 0.181 e. The number of H-pyrrole nitrogens is 2. The zero-order valence-electron chi connectivity index (χ0n) is 21.5. The van der Waals surface area contributed by atoms with Crippen LogP contribution in [0, 0.1) is 12.7 Å². The molecule has 190 valence electrons. The van der Waals surface area contributed by atoms with Gasteiger partial charge in [-0.3, -0.25) is 10.1 Å². The highest BCUT2D eigenvalue weighted by molar-refractivity contribution is 5.96. The minimum Gasteiger partial charge on any atom is -0.335 e. The number of hydrogen-bond acceptors (Lipinski definition) is 6. The molecular weight excluding hydrogens is 479 g/mol. The average Bonchev–Trinajstić information content (AvgIpc) is 3.51. The van der Waals surface area contributed by atoms with Crippen molar-refractivity contribution < 1.29 is 4.39 Å². The molecule has 38 heavy (non-hydrogen) atoms. The van der Waals surface area contributed by atoms with Crippen LogP contribution in [0.3, 0.4) is 0 Å². The maximum absolute atomic E-state index is 14.6. The second kappa shape index (κ2) is 9.75. The van der Waals surface area contributed by atoms with Crippen LogP contribution in [-0.2, 0) is 6.42 Å². The SMILES string of the molecule is Cc1cncc(-c2cnc3n[nH]c(-c4nc5nccc(-c6cc(F)cc(CCCN(C)C)c6)c5[nH]4)c3c2)c1. The third-order valence-corrected chi connectivity index (χ3v) is 6.59. The molecule has 0 amide bonds. The molecule has 0 spiro atoms. The summed E-state index contributed by atoms with van der Waals surface area (Å²) >= 11 is 0. The summed E-state index contributed by atoms with van der Waals surface area (Å²) in [6.45, 7) is 2.96. The standard InChI is InChI=1S/C29H27FN8/c1-17-9-20(15-31-14-17)21-13-24-26(36-37-27(24)33-16-21)29-34-25-23(6-7-32-28(25)35-29)19-10-18(11-22(30)12-19)5-4-8-38(2)3/h6-7,9-16H,4-5,8H2,1-3H3,(H,32,34,35)(H,33,36,37). The number of aromatic amines is 2. The van der Waals surface area contributed by atoms with Crippen molar-refractivity contribution in [1.82, 2.24) is 40.0 Å². The number of aryl methyl sites for hydroxylation is 2. The smallest absolute Gasteiger partial charge is 0.181 e. The van der Waals surface area contributed by atoms with E-state index in [0.29, 0.717) is 22.8 Å². The van der Waals surface area contributed by atoms with Gasteiger partial charge in [0.05, 0.1) is 10.9 Å². The van der Waals surface area contributed by atoms with Crippen LogP contribution in [-0.4, -0.2) is 60.7 Å². The van der Waals surface area contributed by atoms with Gasteiger partial charge in [-0.2, -0.15) is 5.10 Å². The van der Waals surface area contributed by atoms with Gasteiger partial charge in [0.15, 0.2) is 17.1 Å². The molecule has 2 N–H and O–H groups in total. The molecule has 0 saturated carbocycles. The largest absolute Gasteiger partial charge is 0.335 e. The van der Waals surface area contributed by atoms with Crippen molar-refractivity contribution in [1.29, 1.82) is 0 Å². The van der Waals surface area contributed by atoms with Gasteiger partial charge >= 0.3 is 0 Å². The number of nitrogens with zero attached hydrogens (tertiary/aromatic N) is 6. The predicted octanol–water partition coefficient (Wildman–Crippen LogP) is 5.57. The Morgan fingerprint density at radius 1 is 0.921 bits per heavy atom. The van der Waals surface area contributed by atoms with Crippen molar-refractivity contribution in [3.8, 4) is 33.8 Å². The van der Waals surface area contributed by atoms with Crippen LogP contribution in [0.1, 0.15) is 17.5 Å². The van der Waals surface area contributed by atoms with Crippen LogP contribution in [0.2, 0.25) is 0 Å². The van der Waals surface area contributed by atoms with Crippen molar-refractivity contribution >= 4 is 22.2 Å². The quantitative estimate of drug-likeness (QED) is 0.294. The highest BCUT2D eigenvalue weighted by atomic mass is 19.1. The van der Waals surface area contributed by atoms with Gasteiger partial charge in [-0.25, -0.2) is 19.3 Å². The number of benzene rings is 1. The Hall–Kier alpha value is -4.50. The fourth-order valence-corrected chi connectivity index (χ4v) is 4.77. The van der Waals surface area contributed by atoms with Crippen molar-refractivity contribution in [2.45, 2.75) is 19.8 Å². The fourth-order valence-electron chi connectivity index (χ4n) is 4.77. The van der Waals surface area contributed by atoms with Gasteiger partial charge in [-0.15, -0.1) is 0 Å². The molecule has 5 aromatic heterocycles. The lowest BCUT2D eigenvalue weighted by atomic mass is 10.0. The first-order chi connectivity index (χ1) is 18.4. The number of pyridine rings is 3. The number of nitrogens with one attached hydrogen (secondary N) is 2. The first kappa shape index (κ1) is 23.9. The third kappa shape index (κ3) is 4.64. The molecule has 9 heteroatoms. The van der Waals surface area contributed by atoms with Gasteiger partial charge in [-0.1, -0.05) is 6.07 Å². The topological polar surface area (TPSA) is 99.3 Å². The van der Waals surface area contributed by atoms with Crippen LogP contribution in [0.15, 0.2) is 61.2 Å². The Bertz CT molecular complexity index is 1770. The normalized spacial score (nSPS) is 11.7. The molecule has 0 bridgehead atoms. The van der Waals surface area contributed by atoms with Crippen LogP contribution in [0.25, 0.3) is 56.0 Å². The van der Waals surface area contributed by atoms with Crippen LogP contribution in [0.5, 0.6) is 0 Å². The van der Waals surface area contributed by atoms with E-state index in [1.165, 1.54) is 0 Å². The van der Waals surface area contributed by atoms with E-state index in [0.717, 1.165) is 63.7 Å². The van der Waals surface area contributed by atoms with E-state index < -0.39 is 0 Å². The summed E-state index contributed by atoms with van der Waals surface area (Å²) in [5, 5.41) is 8.29. The summed E-state index contributed by atoms with van der Waals surface area (Å²) in [5.74, 6) is 0.335. The van der Waals surface area contributed by atoms with Gasteiger partial charge < -0.3 is 9.88 Å². The summed E-state index contributed by atoms with van der Waals surface area (Å²) < 4.78 is 14.6. The van der Waals surface area contributed by atoms with Crippen molar-refractivity contribution in [2.75, 3.05) is 20.6 Å². The molecule has 6 aromatic rings. The van der Waals surface area contributed by atoms with E-state index in [2.05, 4.69) is 41.1 Å². The summed E-state index contributed by atoms with van der Waals surface area (Å²) in [7, 11) is 4.08. The van der Waals surface area contributed by atoms with Crippen molar-refractivity contribution in [3.05, 3.63) is 78.1 Å². The van der Waals surface area contributed by atoms with Gasteiger partial charge in [0.1, 0.15) is 11.5 Å². The second-order valence-electron chi connectivity index (χ2n) is 9.84. The van der Waals surface area contributed by atoms with E-state index >= 15 is 0 Å². The number of imidazole rings is 1. The highest BCUT2D eigenvalue weighted by Gasteiger charge is 2.17. The number of halogens is 1. The molecule has 0 fully saturated rings. The second-order valence-corrected chi connectivity index (χ2v) is 9.84. The molecule has 0 saturated heterocycles. The van der Waals surface area contributed by atoms with Gasteiger partial charge in [0.25, 0.3) is 0 Å².